The van der Waals surface area contributed by atoms with Gasteiger partial charge in [-0.1, -0.05) is 6.92 Å². The van der Waals surface area contributed by atoms with Crippen LogP contribution >= 0.6 is 0 Å². The zero-order valence-electron chi connectivity index (χ0n) is 7.68. The van der Waals surface area contributed by atoms with E-state index in [2.05, 4.69) is 18.9 Å². The first kappa shape index (κ1) is 8.72. The largest absolute Gasteiger partial charge is 0.305 e. The predicted octanol–water partition coefficient (Wildman–Crippen LogP) is 1.31. The lowest BCUT2D eigenvalue weighted by Gasteiger charge is -2.36. The van der Waals surface area contributed by atoms with Crippen LogP contribution in [0.3, 0.4) is 0 Å². The van der Waals surface area contributed by atoms with Gasteiger partial charge in [0.15, 0.2) is 0 Å². The highest BCUT2D eigenvalue weighted by atomic mass is 16.1. The normalized spacial score (nSPS) is 33.7. The van der Waals surface area contributed by atoms with Gasteiger partial charge in [0.05, 0.1) is 0 Å². The van der Waals surface area contributed by atoms with Crippen LogP contribution in [-0.2, 0) is 4.79 Å². The van der Waals surface area contributed by atoms with Crippen molar-refractivity contribution in [3.05, 3.63) is 0 Å². The van der Waals surface area contributed by atoms with Gasteiger partial charge in [0, 0.05) is 12.0 Å². The molecule has 0 aromatic rings. The van der Waals surface area contributed by atoms with Crippen molar-refractivity contribution in [1.29, 1.82) is 0 Å². The molecule has 0 bridgehead atoms. The quantitative estimate of drug-likeness (QED) is 0.569. The number of hydrogen-bond acceptors (Lipinski definition) is 2. The van der Waals surface area contributed by atoms with E-state index in [9.17, 15) is 4.79 Å². The molecule has 1 rings (SSSR count). The van der Waals surface area contributed by atoms with E-state index in [1.165, 1.54) is 0 Å². The van der Waals surface area contributed by atoms with Gasteiger partial charge < -0.3 is 4.90 Å². The summed E-state index contributed by atoms with van der Waals surface area (Å²) in [6.45, 7) is 5.86. The summed E-state index contributed by atoms with van der Waals surface area (Å²) in [5.41, 5.74) is -0.0625. The van der Waals surface area contributed by atoms with Gasteiger partial charge in [0.25, 0.3) is 0 Å². The van der Waals surface area contributed by atoms with Crippen LogP contribution in [0.2, 0.25) is 0 Å². The maximum absolute atomic E-state index is 11.2. The van der Waals surface area contributed by atoms with Crippen LogP contribution in [0.25, 0.3) is 0 Å². The summed E-state index contributed by atoms with van der Waals surface area (Å²) in [6, 6.07) is 0. The van der Waals surface area contributed by atoms with Crippen LogP contribution in [0.4, 0.5) is 0 Å². The summed E-state index contributed by atoms with van der Waals surface area (Å²) in [7, 11) is 2.08. The second-order valence-electron chi connectivity index (χ2n) is 3.96. The van der Waals surface area contributed by atoms with E-state index in [1.54, 1.807) is 6.92 Å². The van der Waals surface area contributed by atoms with Crippen molar-refractivity contribution in [2.75, 3.05) is 20.1 Å². The van der Waals surface area contributed by atoms with Crippen molar-refractivity contribution < 1.29 is 4.79 Å². The molecule has 1 unspecified atom stereocenters. The van der Waals surface area contributed by atoms with Crippen molar-refractivity contribution >= 4 is 5.78 Å². The Morgan fingerprint density at radius 3 is 2.55 bits per heavy atom. The molecule has 1 fully saturated rings. The number of hydrogen-bond donors (Lipinski definition) is 0. The molecular formula is C9H17NO. The number of carbonyl (C=O) groups excluding carboxylic acids is 1. The van der Waals surface area contributed by atoms with Gasteiger partial charge in [-0.3, -0.25) is 4.79 Å². The third-order valence-corrected chi connectivity index (χ3v) is 2.74. The molecule has 0 N–H and O–H groups in total. The zero-order valence-corrected chi connectivity index (χ0v) is 7.68. The number of piperidine rings is 1. The van der Waals surface area contributed by atoms with E-state index in [0.717, 1.165) is 25.9 Å². The Labute approximate surface area is 68.6 Å². The van der Waals surface area contributed by atoms with E-state index >= 15 is 0 Å². The van der Waals surface area contributed by atoms with Gasteiger partial charge >= 0.3 is 0 Å². The molecule has 1 atom stereocenters. The minimum absolute atomic E-state index is 0.0625. The average Bonchev–Trinajstić information content (AvgIpc) is 1.86. The molecule has 1 heterocycles. The Hall–Kier alpha value is -0.370. The Balaban J connectivity index is 2.63. The van der Waals surface area contributed by atoms with Crippen LogP contribution in [0.1, 0.15) is 26.7 Å². The highest BCUT2D eigenvalue weighted by Crippen LogP contribution is 2.29. The van der Waals surface area contributed by atoms with E-state index in [1.807, 2.05) is 0 Å². The van der Waals surface area contributed by atoms with E-state index < -0.39 is 0 Å². The van der Waals surface area contributed by atoms with Crippen LogP contribution in [0.15, 0.2) is 0 Å². The minimum atomic E-state index is -0.0625. The lowest BCUT2D eigenvalue weighted by Crippen LogP contribution is -2.43. The molecule has 2 heteroatoms. The van der Waals surface area contributed by atoms with E-state index in [4.69, 9.17) is 0 Å². The molecule has 64 valence electrons. The fourth-order valence-electron chi connectivity index (χ4n) is 1.78. The number of ketones is 1. The fourth-order valence-corrected chi connectivity index (χ4v) is 1.78. The van der Waals surface area contributed by atoms with Crippen molar-refractivity contribution in [3.63, 3.8) is 0 Å². The maximum Gasteiger partial charge on any atom is 0.136 e. The van der Waals surface area contributed by atoms with E-state index in [0.29, 0.717) is 5.78 Å². The molecule has 0 aliphatic carbocycles. The Bertz CT molecular complexity index is 167. The standard InChI is InChI=1S/C9H17NO/c1-8(11)9(2)5-4-6-10(3)7-9/h4-7H2,1-3H3. The van der Waals surface area contributed by atoms with Crippen molar-refractivity contribution in [2.24, 2.45) is 5.41 Å². The first-order chi connectivity index (χ1) is 5.04. The van der Waals surface area contributed by atoms with Gasteiger partial charge in [-0.15, -0.1) is 0 Å². The van der Waals surface area contributed by atoms with Gasteiger partial charge in [-0.2, -0.15) is 0 Å². The van der Waals surface area contributed by atoms with Crippen LogP contribution in [0.5, 0.6) is 0 Å². The maximum atomic E-state index is 11.2. The molecule has 0 amide bonds. The number of likely N-dealkylation sites (tertiary alicyclic amines) is 1. The average molecular weight is 155 g/mol. The van der Waals surface area contributed by atoms with Crippen LogP contribution in [0, 0.1) is 5.41 Å². The summed E-state index contributed by atoms with van der Waals surface area (Å²) >= 11 is 0. The first-order valence-corrected chi connectivity index (χ1v) is 4.24. The second-order valence-corrected chi connectivity index (χ2v) is 3.96. The SMILES string of the molecule is CC(=O)C1(C)CCCN(C)C1. The third-order valence-electron chi connectivity index (χ3n) is 2.74. The van der Waals surface area contributed by atoms with Gasteiger partial charge in [0.2, 0.25) is 0 Å². The monoisotopic (exact) mass is 155 g/mol. The van der Waals surface area contributed by atoms with E-state index in [-0.39, 0.29) is 5.41 Å². The van der Waals surface area contributed by atoms with Crippen LogP contribution < -0.4 is 0 Å². The fraction of sp³-hybridized carbons (Fsp3) is 0.889. The summed E-state index contributed by atoms with van der Waals surface area (Å²) in [4.78, 5) is 13.5. The number of Topliss-reactive ketones (excluding diaryl/α,β-unsaturated/α-hetero) is 1. The van der Waals surface area contributed by atoms with Crippen molar-refractivity contribution in [1.82, 2.24) is 4.90 Å². The molecule has 0 aromatic heterocycles. The molecular weight excluding hydrogens is 138 g/mol. The summed E-state index contributed by atoms with van der Waals surface area (Å²) in [6.07, 6.45) is 2.22. The van der Waals surface area contributed by atoms with Crippen molar-refractivity contribution in [3.8, 4) is 0 Å². The molecule has 0 radical (unpaired) electrons. The number of nitrogens with zero attached hydrogens (tertiary/aromatic N) is 1. The third kappa shape index (κ3) is 1.80. The summed E-state index contributed by atoms with van der Waals surface area (Å²) < 4.78 is 0. The molecule has 1 aliphatic heterocycles. The highest BCUT2D eigenvalue weighted by Gasteiger charge is 2.33. The summed E-state index contributed by atoms with van der Waals surface area (Å²) in [5, 5.41) is 0. The lowest BCUT2D eigenvalue weighted by molar-refractivity contribution is -0.128. The summed E-state index contributed by atoms with van der Waals surface area (Å²) in [5.74, 6) is 0.337. The van der Waals surface area contributed by atoms with Crippen LogP contribution in [-0.4, -0.2) is 30.8 Å². The van der Waals surface area contributed by atoms with Gasteiger partial charge in [0.1, 0.15) is 5.78 Å². The second kappa shape index (κ2) is 2.94. The molecule has 1 saturated heterocycles. The minimum Gasteiger partial charge on any atom is -0.305 e. The lowest BCUT2D eigenvalue weighted by atomic mass is 9.79. The Morgan fingerprint density at radius 1 is 1.55 bits per heavy atom. The van der Waals surface area contributed by atoms with Crippen molar-refractivity contribution in [2.45, 2.75) is 26.7 Å². The smallest absolute Gasteiger partial charge is 0.136 e. The number of rotatable bonds is 1. The molecule has 11 heavy (non-hydrogen) atoms. The zero-order chi connectivity index (χ0) is 8.48. The first-order valence-electron chi connectivity index (χ1n) is 4.24. The Morgan fingerprint density at radius 2 is 2.18 bits per heavy atom. The Kier molecular flexibility index (Phi) is 2.33. The van der Waals surface area contributed by atoms with Gasteiger partial charge in [-0.05, 0) is 33.4 Å². The molecule has 0 spiro atoms. The predicted molar refractivity (Wildman–Crippen MR) is 45.5 cm³/mol. The molecule has 2 nitrogen and oxygen atoms in total. The number of carbonyl (C=O) groups is 1. The van der Waals surface area contributed by atoms with Gasteiger partial charge in [-0.25, -0.2) is 0 Å². The molecule has 0 saturated carbocycles. The topological polar surface area (TPSA) is 20.3 Å². The molecule has 0 aromatic carbocycles. The molecule has 1 aliphatic rings. The highest BCUT2D eigenvalue weighted by molar-refractivity contribution is 5.82.